The van der Waals surface area contributed by atoms with Crippen molar-refractivity contribution in [1.29, 1.82) is 0 Å². The normalized spacial score (nSPS) is 24.2. The summed E-state index contributed by atoms with van der Waals surface area (Å²) in [6.45, 7) is 5.95. The maximum Gasteiger partial charge on any atom is 0.226 e. The van der Waals surface area contributed by atoms with Crippen molar-refractivity contribution in [3.8, 4) is 0 Å². The van der Waals surface area contributed by atoms with Gasteiger partial charge in [-0.2, -0.15) is 0 Å². The van der Waals surface area contributed by atoms with E-state index in [9.17, 15) is 9.59 Å². The van der Waals surface area contributed by atoms with Crippen LogP contribution in [-0.4, -0.2) is 32.8 Å². The van der Waals surface area contributed by atoms with Crippen molar-refractivity contribution in [3.05, 3.63) is 41.9 Å². The molecule has 138 valence electrons. The first-order chi connectivity index (χ1) is 12.5. The van der Waals surface area contributed by atoms with E-state index < -0.39 is 0 Å². The van der Waals surface area contributed by atoms with Gasteiger partial charge in [-0.05, 0) is 31.4 Å². The van der Waals surface area contributed by atoms with Gasteiger partial charge in [-0.25, -0.2) is 4.98 Å². The van der Waals surface area contributed by atoms with Gasteiger partial charge in [-0.15, -0.1) is 0 Å². The summed E-state index contributed by atoms with van der Waals surface area (Å²) in [4.78, 5) is 31.3. The van der Waals surface area contributed by atoms with E-state index in [4.69, 9.17) is 4.42 Å². The fraction of sp³-hybridized carbons (Fsp3) is 0.526. The van der Waals surface area contributed by atoms with Crippen LogP contribution in [0.3, 0.4) is 0 Å². The molecule has 1 saturated carbocycles. The highest BCUT2D eigenvalue weighted by Crippen LogP contribution is 2.41. The molecule has 3 heterocycles. The quantitative estimate of drug-likeness (QED) is 0.887. The highest BCUT2D eigenvalue weighted by Gasteiger charge is 2.43. The van der Waals surface area contributed by atoms with Crippen LogP contribution in [0.2, 0.25) is 0 Å². The van der Waals surface area contributed by atoms with E-state index in [1.54, 1.807) is 12.3 Å². The number of nitrogens with one attached hydrogen (secondary N) is 1. The molecule has 0 unspecified atom stereocenters. The number of hydrogen-bond donors (Lipinski definition) is 1. The summed E-state index contributed by atoms with van der Waals surface area (Å²) in [7, 11) is 0. The number of nitrogens with zero attached hydrogens (tertiary/aromatic N) is 3. The van der Waals surface area contributed by atoms with Gasteiger partial charge in [0.1, 0.15) is 11.6 Å². The lowest BCUT2D eigenvalue weighted by molar-refractivity contribution is -0.136. The van der Waals surface area contributed by atoms with E-state index in [1.165, 1.54) is 0 Å². The molecule has 2 aromatic rings. The Morgan fingerprint density at radius 2 is 2.15 bits per heavy atom. The standard InChI is InChI=1S/C19H24N4O3/c1-12-8-16(12)19(25)23-6-5-22-11-14(21-18(22)13(23)2)9-17(24)20-10-15-4-3-7-26-15/h3-4,7,11-13,16H,5-6,8-10H2,1-2H3,(H,20,24)/t12-,13-,16-/m1/s1. The minimum Gasteiger partial charge on any atom is -0.467 e. The molecular weight excluding hydrogens is 332 g/mol. The number of fused-ring (bicyclic) bond motifs is 1. The summed E-state index contributed by atoms with van der Waals surface area (Å²) in [5.41, 5.74) is 0.734. The molecule has 0 bridgehead atoms. The van der Waals surface area contributed by atoms with Crippen LogP contribution < -0.4 is 5.32 Å². The van der Waals surface area contributed by atoms with Crippen LogP contribution in [0.15, 0.2) is 29.0 Å². The van der Waals surface area contributed by atoms with Crippen LogP contribution >= 0.6 is 0 Å². The van der Waals surface area contributed by atoms with Crippen LogP contribution in [0, 0.1) is 11.8 Å². The lowest BCUT2D eigenvalue weighted by Gasteiger charge is -2.34. The van der Waals surface area contributed by atoms with E-state index in [2.05, 4.69) is 21.8 Å². The molecular formula is C19H24N4O3. The van der Waals surface area contributed by atoms with Gasteiger partial charge in [0.25, 0.3) is 0 Å². The minimum atomic E-state index is -0.0933. The predicted molar refractivity (Wildman–Crippen MR) is 93.9 cm³/mol. The number of amides is 2. The van der Waals surface area contributed by atoms with Gasteiger partial charge in [0.15, 0.2) is 0 Å². The molecule has 0 saturated heterocycles. The van der Waals surface area contributed by atoms with E-state index in [-0.39, 0.29) is 30.2 Å². The van der Waals surface area contributed by atoms with Crippen molar-refractivity contribution in [2.24, 2.45) is 11.8 Å². The van der Waals surface area contributed by atoms with Gasteiger partial charge >= 0.3 is 0 Å². The first kappa shape index (κ1) is 16.9. The highest BCUT2D eigenvalue weighted by atomic mass is 16.3. The lowest BCUT2D eigenvalue weighted by atomic mass is 10.1. The minimum absolute atomic E-state index is 0.0519. The van der Waals surface area contributed by atoms with E-state index in [0.717, 1.165) is 30.2 Å². The summed E-state index contributed by atoms with van der Waals surface area (Å²) in [6.07, 6.45) is 4.74. The fourth-order valence-corrected chi connectivity index (χ4v) is 3.64. The maximum absolute atomic E-state index is 12.6. The fourth-order valence-electron chi connectivity index (χ4n) is 3.64. The second-order valence-electron chi connectivity index (χ2n) is 7.34. The molecule has 3 atom stereocenters. The summed E-state index contributed by atoms with van der Waals surface area (Å²) in [5.74, 6) is 2.43. The Balaban J connectivity index is 1.38. The van der Waals surface area contributed by atoms with Gasteiger partial charge < -0.3 is 19.2 Å². The van der Waals surface area contributed by atoms with Crippen molar-refractivity contribution in [3.63, 3.8) is 0 Å². The summed E-state index contributed by atoms with van der Waals surface area (Å²) < 4.78 is 7.28. The van der Waals surface area contributed by atoms with Crippen LogP contribution in [-0.2, 0) is 29.1 Å². The Labute approximate surface area is 152 Å². The Morgan fingerprint density at radius 1 is 1.35 bits per heavy atom. The molecule has 7 nitrogen and oxygen atoms in total. The third-order valence-electron chi connectivity index (χ3n) is 5.37. The third-order valence-corrected chi connectivity index (χ3v) is 5.37. The van der Waals surface area contributed by atoms with Crippen molar-refractivity contribution in [2.75, 3.05) is 6.54 Å². The number of furan rings is 1. The molecule has 2 amide bonds. The van der Waals surface area contributed by atoms with Gasteiger partial charge in [0.05, 0.1) is 31.0 Å². The molecule has 0 aromatic carbocycles. The zero-order chi connectivity index (χ0) is 18.3. The zero-order valence-corrected chi connectivity index (χ0v) is 15.1. The van der Waals surface area contributed by atoms with E-state index in [1.807, 2.05) is 24.1 Å². The lowest BCUT2D eigenvalue weighted by Crippen LogP contribution is -2.42. The first-order valence-corrected chi connectivity index (χ1v) is 9.18. The molecule has 26 heavy (non-hydrogen) atoms. The average molecular weight is 356 g/mol. The SMILES string of the molecule is C[C@@H]1C[C@H]1C(=O)N1CCn2cc(CC(=O)NCc3ccco3)nc2[C@H]1C. The molecule has 2 aliphatic rings. The van der Waals surface area contributed by atoms with E-state index >= 15 is 0 Å². The third kappa shape index (κ3) is 3.25. The molecule has 0 radical (unpaired) electrons. The van der Waals surface area contributed by atoms with Crippen molar-refractivity contribution >= 4 is 11.8 Å². The van der Waals surface area contributed by atoms with Gasteiger partial charge in [-0.1, -0.05) is 6.92 Å². The Bertz CT molecular complexity index is 811. The van der Waals surface area contributed by atoms with Gasteiger partial charge in [-0.3, -0.25) is 9.59 Å². The average Bonchev–Trinajstić information content (AvgIpc) is 3.03. The Kier molecular flexibility index (Phi) is 4.30. The monoisotopic (exact) mass is 356 g/mol. The smallest absolute Gasteiger partial charge is 0.226 e. The Morgan fingerprint density at radius 3 is 2.85 bits per heavy atom. The summed E-state index contributed by atoms with van der Waals surface area (Å²) in [6, 6.07) is 3.56. The summed E-state index contributed by atoms with van der Waals surface area (Å²) in [5, 5.41) is 2.83. The molecule has 1 aliphatic carbocycles. The second-order valence-corrected chi connectivity index (χ2v) is 7.34. The Hall–Kier alpha value is -2.57. The first-order valence-electron chi connectivity index (χ1n) is 9.18. The number of imidazole rings is 1. The number of carbonyl (C=O) groups excluding carboxylic acids is 2. The van der Waals surface area contributed by atoms with Crippen LogP contribution in [0.4, 0.5) is 0 Å². The molecule has 1 fully saturated rings. The summed E-state index contributed by atoms with van der Waals surface area (Å²) >= 11 is 0. The van der Waals surface area contributed by atoms with Crippen LogP contribution in [0.25, 0.3) is 0 Å². The van der Waals surface area contributed by atoms with Crippen LogP contribution in [0.1, 0.15) is 43.6 Å². The predicted octanol–water partition coefficient (Wildman–Crippen LogP) is 1.89. The molecule has 4 rings (SSSR count). The number of carbonyl (C=O) groups is 2. The molecule has 2 aromatic heterocycles. The largest absolute Gasteiger partial charge is 0.467 e. The molecule has 0 spiro atoms. The topological polar surface area (TPSA) is 80.4 Å². The highest BCUT2D eigenvalue weighted by molar-refractivity contribution is 5.82. The van der Waals surface area contributed by atoms with Crippen molar-refractivity contribution in [2.45, 2.75) is 45.8 Å². The van der Waals surface area contributed by atoms with Crippen molar-refractivity contribution in [1.82, 2.24) is 19.8 Å². The number of aromatic nitrogens is 2. The zero-order valence-electron chi connectivity index (χ0n) is 15.1. The van der Waals surface area contributed by atoms with Crippen molar-refractivity contribution < 1.29 is 14.0 Å². The second kappa shape index (κ2) is 6.63. The number of hydrogen-bond acceptors (Lipinski definition) is 4. The van der Waals surface area contributed by atoms with Gasteiger partial charge in [0.2, 0.25) is 11.8 Å². The molecule has 1 aliphatic heterocycles. The van der Waals surface area contributed by atoms with Gasteiger partial charge in [0, 0.05) is 25.2 Å². The van der Waals surface area contributed by atoms with E-state index in [0.29, 0.717) is 19.0 Å². The molecule has 7 heteroatoms. The number of rotatable bonds is 5. The maximum atomic E-state index is 12.6. The van der Waals surface area contributed by atoms with Crippen LogP contribution in [0.5, 0.6) is 0 Å². The molecule has 1 N–H and O–H groups in total.